The van der Waals surface area contributed by atoms with Crippen LogP contribution in [0.15, 0.2) is 48.5 Å². The number of carbonyl (C=O) groups excluding carboxylic acids is 3. The van der Waals surface area contributed by atoms with Gasteiger partial charge in [-0.25, -0.2) is 0 Å². The molecule has 0 saturated carbocycles. The smallest absolute Gasteiger partial charge is 0.238 e. The second-order valence-corrected chi connectivity index (χ2v) is 6.01. The van der Waals surface area contributed by atoms with Crippen molar-refractivity contribution in [1.29, 1.82) is 0 Å². The molecule has 2 amide bonds. The molecule has 2 aromatic rings. The van der Waals surface area contributed by atoms with Gasteiger partial charge in [0.05, 0.1) is 18.8 Å². The molecule has 0 aliphatic rings. The van der Waals surface area contributed by atoms with Gasteiger partial charge >= 0.3 is 0 Å². The number of nitrogens with two attached hydrogens (primary N) is 1. The first-order valence-electron chi connectivity index (χ1n) is 7.53. The van der Waals surface area contributed by atoms with Gasteiger partial charge in [-0.3, -0.25) is 19.3 Å². The number of carbonyl (C=O) groups is 3. The summed E-state index contributed by atoms with van der Waals surface area (Å²) in [6.07, 6.45) is 0. The van der Waals surface area contributed by atoms with Crippen molar-refractivity contribution in [2.45, 2.75) is 0 Å². The molecule has 0 saturated heterocycles. The minimum Gasteiger partial charge on any atom is -0.369 e. The summed E-state index contributed by atoms with van der Waals surface area (Å²) < 4.78 is 0. The number of likely N-dealkylation sites (N-methyl/N-ethyl adjacent to an activating group) is 1. The fourth-order valence-electron chi connectivity index (χ4n) is 2.32. The van der Waals surface area contributed by atoms with Crippen LogP contribution in [0, 0.1) is 0 Å². The van der Waals surface area contributed by atoms with E-state index >= 15 is 0 Å². The van der Waals surface area contributed by atoms with E-state index in [4.69, 9.17) is 17.3 Å². The van der Waals surface area contributed by atoms with Crippen LogP contribution in [0.1, 0.15) is 15.9 Å². The molecule has 130 valence electrons. The van der Waals surface area contributed by atoms with Gasteiger partial charge in [0, 0.05) is 16.1 Å². The van der Waals surface area contributed by atoms with Crippen molar-refractivity contribution in [3.8, 4) is 0 Å². The lowest BCUT2D eigenvalue weighted by atomic mass is 10.0. The molecule has 0 spiro atoms. The highest BCUT2D eigenvalue weighted by Gasteiger charge is 2.17. The molecule has 2 rings (SSSR count). The second-order valence-electron chi connectivity index (χ2n) is 5.57. The van der Waals surface area contributed by atoms with Crippen LogP contribution >= 0.6 is 11.6 Å². The van der Waals surface area contributed by atoms with Gasteiger partial charge in [-0.2, -0.15) is 0 Å². The number of nitrogens with one attached hydrogen (secondary N) is 1. The lowest BCUT2D eigenvalue weighted by Crippen LogP contribution is -2.36. The van der Waals surface area contributed by atoms with Crippen molar-refractivity contribution in [2.24, 2.45) is 5.73 Å². The number of benzene rings is 2. The average Bonchev–Trinajstić information content (AvgIpc) is 2.55. The van der Waals surface area contributed by atoms with E-state index in [1.54, 1.807) is 43.4 Å². The molecule has 6 nitrogen and oxygen atoms in total. The van der Waals surface area contributed by atoms with Gasteiger partial charge in [-0.1, -0.05) is 41.9 Å². The number of nitrogens with zero attached hydrogens (tertiary/aromatic N) is 1. The maximum atomic E-state index is 12.7. The van der Waals surface area contributed by atoms with E-state index in [0.29, 0.717) is 21.8 Å². The van der Waals surface area contributed by atoms with Crippen molar-refractivity contribution in [3.05, 3.63) is 64.7 Å². The molecule has 0 fully saturated rings. The normalized spacial score (nSPS) is 10.5. The number of halogens is 1. The fourth-order valence-corrected chi connectivity index (χ4v) is 2.49. The van der Waals surface area contributed by atoms with E-state index < -0.39 is 5.91 Å². The van der Waals surface area contributed by atoms with Crippen molar-refractivity contribution < 1.29 is 14.4 Å². The Bertz CT molecular complexity index is 793. The van der Waals surface area contributed by atoms with Crippen LogP contribution in [0.5, 0.6) is 0 Å². The van der Waals surface area contributed by atoms with Gasteiger partial charge in [0.2, 0.25) is 11.8 Å². The molecular formula is C18H18ClN3O3. The predicted molar refractivity (Wildman–Crippen MR) is 96.6 cm³/mol. The minimum atomic E-state index is -0.526. The van der Waals surface area contributed by atoms with Gasteiger partial charge in [0.1, 0.15) is 0 Å². The Morgan fingerprint density at radius 1 is 1.08 bits per heavy atom. The zero-order valence-electron chi connectivity index (χ0n) is 13.7. The number of anilines is 1. The third-order valence-corrected chi connectivity index (χ3v) is 3.61. The van der Waals surface area contributed by atoms with Gasteiger partial charge in [-0.15, -0.1) is 0 Å². The molecule has 3 N–H and O–H groups in total. The molecule has 0 bridgehead atoms. The van der Waals surface area contributed by atoms with Crippen LogP contribution in [-0.4, -0.2) is 42.6 Å². The average molecular weight is 360 g/mol. The molecule has 0 aliphatic carbocycles. The Kier molecular flexibility index (Phi) is 6.27. The molecule has 0 aliphatic heterocycles. The first-order chi connectivity index (χ1) is 11.9. The van der Waals surface area contributed by atoms with Gasteiger partial charge < -0.3 is 11.1 Å². The molecule has 0 unspecified atom stereocenters. The van der Waals surface area contributed by atoms with Gasteiger partial charge in [0.15, 0.2) is 5.78 Å². The maximum absolute atomic E-state index is 12.7. The quantitative estimate of drug-likeness (QED) is 0.739. The summed E-state index contributed by atoms with van der Waals surface area (Å²) in [6.45, 7) is -0.0750. The van der Waals surface area contributed by atoms with Crippen LogP contribution < -0.4 is 11.1 Å². The maximum Gasteiger partial charge on any atom is 0.238 e. The first kappa shape index (κ1) is 18.6. The van der Waals surface area contributed by atoms with Gasteiger partial charge in [0.25, 0.3) is 0 Å². The molecule has 0 heterocycles. The van der Waals surface area contributed by atoms with E-state index in [-0.39, 0.29) is 24.8 Å². The number of hydrogen-bond donors (Lipinski definition) is 2. The Labute approximate surface area is 150 Å². The number of primary amides is 1. The summed E-state index contributed by atoms with van der Waals surface area (Å²) in [7, 11) is 1.60. The summed E-state index contributed by atoms with van der Waals surface area (Å²) in [5, 5.41) is 3.07. The summed E-state index contributed by atoms with van der Waals surface area (Å²) in [5.74, 6) is -1.14. The molecule has 2 aromatic carbocycles. The highest BCUT2D eigenvalue weighted by atomic mass is 35.5. The fraction of sp³-hybridized carbons (Fsp3) is 0.167. The van der Waals surface area contributed by atoms with Crippen LogP contribution in [0.4, 0.5) is 5.69 Å². The number of amides is 2. The largest absolute Gasteiger partial charge is 0.369 e. The highest BCUT2D eigenvalue weighted by Crippen LogP contribution is 2.23. The molecule has 25 heavy (non-hydrogen) atoms. The van der Waals surface area contributed by atoms with Crippen LogP contribution in [-0.2, 0) is 9.59 Å². The van der Waals surface area contributed by atoms with Crippen LogP contribution in [0.3, 0.4) is 0 Å². The molecule has 0 radical (unpaired) electrons. The lowest BCUT2D eigenvalue weighted by Gasteiger charge is -2.15. The minimum absolute atomic E-state index is 0.0372. The number of hydrogen-bond acceptors (Lipinski definition) is 4. The third-order valence-electron chi connectivity index (χ3n) is 3.38. The van der Waals surface area contributed by atoms with Gasteiger partial charge in [-0.05, 0) is 25.2 Å². The van der Waals surface area contributed by atoms with Crippen LogP contribution in [0.2, 0.25) is 5.02 Å². The summed E-state index contributed by atoms with van der Waals surface area (Å²) in [6, 6.07) is 13.4. The molecular weight excluding hydrogens is 342 g/mol. The van der Waals surface area contributed by atoms with Crippen molar-refractivity contribution >= 4 is 34.9 Å². The monoisotopic (exact) mass is 359 g/mol. The summed E-state index contributed by atoms with van der Waals surface area (Å²) >= 11 is 6.00. The van der Waals surface area contributed by atoms with E-state index in [2.05, 4.69) is 5.32 Å². The van der Waals surface area contributed by atoms with Crippen molar-refractivity contribution in [3.63, 3.8) is 0 Å². The topological polar surface area (TPSA) is 92.5 Å². The third kappa shape index (κ3) is 5.41. The van der Waals surface area contributed by atoms with Crippen molar-refractivity contribution in [2.75, 3.05) is 25.5 Å². The SMILES string of the molecule is CN(CC(N)=O)CC(=O)Nc1ccc(Cl)cc1C(=O)c1ccccc1. The van der Waals surface area contributed by atoms with E-state index in [9.17, 15) is 14.4 Å². The van der Waals surface area contributed by atoms with Crippen LogP contribution in [0.25, 0.3) is 0 Å². The molecule has 0 aromatic heterocycles. The predicted octanol–water partition coefficient (Wildman–Crippen LogP) is 1.93. The van der Waals surface area contributed by atoms with Crippen molar-refractivity contribution in [1.82, 2.24) is 4.90 Å². The first-order valence-corrected chi connectivity index (χ1v) is 7.90. The summed E-state index contributed by atoms with van der Waals surface area (Å²) in [5.41, 5.74) is 6.24. The van der Waals surface area contributed by atoms with E-state index in [1.165, 1.54) is 11.0 Å². The highest BCUT2D eigenvalue weighted by molar-refractivity contribution is 6.31. The molecule has 0 atom stereocenters. The lowest BCUT2D eigenvalue weighted by molar-refractivity contribution is -0.120. The molecule has 7 heteroatoms. The summed E-state index contributed by atoms with van der Waals surface area (Å²) in [4.78, 5) is 37.2. The van der Waals surface area contributed by atoms with E-state index in [1.807, 2.05) is 6.07 Å². The second kappa shape index (κ2) is 8.41. The standard InChI is InChI=1S/C18H18ClN3O3/c1-22(10-16(20)23)11-17(24)21-15-8-7-13(19)9-14(15)18(25)12-5-3-2-4-6-12/h2-9H,10-11H2,1H3,(H2,20,23)(H,21,24). The Morgan fingerprint density at radius 3 is 2.40 bits per heavy atom. The Hall–Kier alpha value is -2.70. The zero-order chi connectivity index (χ0) is 18.4. The zero-order valence-corrected chi connectivity index (χ0v) is 14.4. The van der Waals surface area contributed by atoms with E-state index in [0.717, 1.165) is 0 Å². The Morgan fingerprint density at radius 2 is 1.76 bits per heavy atom. The number of ketones is 1. The Balaban J connectivity index is 2.20. The number of rotatable bonds is 7.